The average Bonchev–Trinajstić information content (AvgIpc) is 2.78. The Bertz CT molecular complexity index is 724. The lowest BCUT2D eigenvalue weighted by atomic mass is 10.4. The molecule has 0 aromatic carbocycles. The zero-order valence-electron chi connectivity index (χ0n) is 9.73. The van der Waals surface area contributed by atoms with Crippen LogP contribution in [0.25, 0.3) is 0 Å². The van der Waals surface area contributed by atoms with E-state index in [0.717, 1.165) is 6.07 Å². The first-order chi connectivity index (χ1) is 8.88. The minimum Gasteiger partial charge on any atom is -0.263 e. The number of rotatable bonds is 4. The summed E-state index contributed by atoms with van der Waals surface area (Å²) in [5.41, 5.74) is 0.664. The van der Waals surface area contributed by atoms with E-state index in [1.165, 1.54) is 12.1 Å². The Kier molecular flexibility index (Phi) is 3.49. The highest BCUT2D eigenvalue weighted by Crippen LogP contribution is 2.28. The molecule has 0 bridgehead atoms. The molecular formula is C10H9N3O4S2. The van der Waals surface area contributed by atoms with Crippen molar-refractivity contribution in [3.05, 3.63) is 46.1 Å². The van der Waals surface area contributed by atoms with Gasteiger partial charge in [-0.05, 0) is 36.5 Å². The highest BCUT2D eigenvalue weighted by molar-refractivity contribution is 7.94. The Morgan fingerprint density at radius 2 is 2.05 bits per heavy atom. The molecule has 0 aliphatic heterocycles. The number of sulfonamides is 1. The number of nitro groups is 1. The number of nitrogens with one attached hydrogen (secondary N) is 1. The van der Waals surface area contributed by atoms with Gasteiger partial charge in [0.2, 0.25) is 0 Å². The molecular weight excluding hydrogens is 290 g/mol. The normalized spacial score (nSPS) is 11.2. The number of thiophene rings is 1. The third-order valence-corrected chi connectivity index (χ3v) is 5.02. The molecule has 2 heterocycles. The Morgan fingerprint density at radius 3 is 2.63 bits per heavy atom. The van der Waals surface area contributed by atoms with Gasteiger partial charge in [0.1, 0.15) is 10.0 Å². The van der Waals surface area contributed by atoms with Gasteiger partial charge in [0.15, 0.2) is 0 Å². The molecule has 9 heteroatoms. The lowest BCUT2D eigenvalue weighted by Crippen LogP contribution is -2.12. The van der Waals surface area contributed by atoms with Crippen LogP contribution in [0.4, 0.5) is 10.8 Å². The zero-order valence-corrected chi connectivity index (χ0v) is 11.4. The highest BCUT2D eigenvalue weighted by atomic mass is 32.2. The number of hydrogen-bond acceptors (Lipinski definition) is 6. The molecule has 0 saturated carbocycles. The van der Waals surface area contributed by atoms with Crippen molar-refractivity contribution in [2.75, 3.05) is 4.72 Å². The van der Waals surface area contributed by atoms with Crippen molar-refractivity contribution >= 4 is 32.2 Å². The van der Waals surface area contributed by atoms with Crippen molar-refractivity contribution in [2.24, 2.45) is 0 Å². The summed E-state index contributed by atoms with van der Waals surface area (Å²) in [6.45, 7) is 1.73. The fourth-order valence-corrected chi connectivity index (χ4v) is 3.45. The molecule has 2 aromatic rings. The Morgan fingerprint density at radius 1 is 1.32 bits per heavy atom. The molecule has 0 amide bonds. The maximum absolute atomic E-state index is 12.0. The van der Waals surface area contributed by atoms with E-state index < -0.39 is 14.9 Å². The number of hydrogen-bond donors (Lipinski definition) is 1. The second-order valence-electron chi connectivity index (χ2n) is 3.62. The van der Waals surface area contributed by atoms with E-state index in [9.17, 15) is 18.5 Å². The second-order valence-corrected chi connectivity index (χ2v) is 6.59. The van der Waals surface area contributed by atoms with E-state index in [4.69, 9.17) is 0 Å². The molecule has 0 atom stereocenters. The van der Waals surface area contributed by atoms with Crippen molar-refractivity contribution in [3.8, 4) is 0 Å². The van der Waals surface area contributed by atoms with E-state index in [2.05, 4.69) is 9.71 Å². The molecule has 2 aromatic heterocycles. The number of aromatic nitrogens is 1. The minimum atomic E-state index is -3.84. The lowest BCUT2D eigenvalue weighted by molar-refractivity contribution is -0.380. The topological polar surface area (TPSA) is 102 Å². The van der Waals surface area contributed by atoms with E-state index >= 15 is 0 Å². The second kappa shape index (κ2) is 4.94. The molecule has 0 fully saturated rings. The first-order valence-corrected chi connectivity index (χ1v) is 7.39. The van der Waals surface area contributed by atoms with Crippen LogP contribution in [0.3, 0.4) is 0 Å². The molecule has 0 unspecified atom stereocenters. The van der Waals surface area contributed by atoms with Gasteiger partial charge in [-0.1, -0.05) is 6.07 Å². The molecule has 100 valence electrons. The SMILES string of the molecule is Cc1cccc(NS(=O)(=O)c2ccc([N+](=O)[O-])s2)n1. The summed E-state index contributed by atoms with van der Waals surface area (Å²) >= 11 is 0.594. The Labute approximate surface area is 113 Å². The molecule has 0 saturated heterocycles. The third kappa shape index (κ3) is 3.06. The van der Waals surface area contributed by atoms with E-state index in [1.807, 2.05) is 0 Å². The number of pyridine rings is 1. The predicted octanol–water partition coefficient (Wildman–Crippen LogP) is 2.16. The standard InChI is InChI=1S/C10H9N3O4S2/c1-7-3-2-4-8(11-7)12-19(16,17)10-6-5-9(18-10)13(14)15/h2-6H,1H3,(H,11,12). The number of aryl methyl sites for hydroxylation is 1. The predicted molar refractivity (Wildman–Crippen MR) is 70.8 cm³/mol. The van der Waals surface area contributed by atoms with Crippen LogP contribution < -0.4 is 4.72 Å². The largest absolute Gasteiger partial charge is 0.325 e. The smallest absolute Gasteiger partial charge is 0.263 e. The van der Waals surface area contributed by atoms with Gasteiger partial charge in [0, 0.05) is 11.8 Å². The maximum atomic E-state index is 12.0. The summed E-state index contributed by atoms with van der Waals surface area (Å²) in [6.07, 6.45) is 0. The minimum absolute atomic E-state index is 0.123. The van der Waals surface area contributed by atoms with Crippen LogP contribution in [-0.4, -0.2) is 18.3 Å². The molecule has 1 N–H and O–H groups in total. The number of nitrogens with zero attached hydrogens (tertiary/aromatic N) is 2. The average molecular weight is 299 g/mol. The number of anilines is 1. The monoisotopic (exact) mass is 299 g/mol. The molecule has 19 heavy (non-hydrogen) atoms. The first-order valence-electron chi connectivity index (χ1n) is 5.09. The quantitative estimate of drug-likeness (QED) is 0.688. The van der Waals surface area contributed by atoms with Gasteiger partial charge >= 0.3 is 5.00 Å². The Hall–Kier alpha value is -2.00. The van der Waals surface area contributed by atoms with Gasteiger partial charge in [-0.3, -0.25) is 14.8 Å². The van der Waals surface area contributed by atoms with Crippen molar-refractivity contribution in [3.63, 3.8) is 0 Å². The van der Waals surface area contributed by atoms with Crippen LogP contribution in [0.2, 0.25) is 0 Å². The van der Waals surface area contributed by atoms with E-state index in [-0.39, 0.29) is 15.0 Å². The van der Waals surface area contributed by atoms with Crippen LogP contribution in [0.1, 0.15) is 5.69 Å². The van der Waals surface area contributed by atoms with Crippen LogP contribution in [0.5, 0.6) is 0 Å². The van der Waals surface area contributed by atoms with Crippen LogP contribution in [0.15, 0.2) is 34.5 Å². The van der Waals surface area contributed by atoms with Gasteiger partial charge in [-0.15, -0.1) is 0 Å². The van der Waals surface area contributed by atoms with Crippen LogP contribution in [-0.2, 0) is 10.0 Å². The van der Waals surface area contributed by atoms with Gasteiger partial charge in [-0.25, -0.2) is 13.4 Å². The van der Waals surface area contributed by atoms with Crippen molar-refractivity contribution in [2.45, 2.75) is 11.1 Å². The van der Waals surface area contributed by atoms with E-state index in [1.54, 1.807) is 19.1 Å². The summed E-state index contributed by atoms with van der Waals surface area (Å²) in [5, 5.41) is 10.3. The van der Waals surface area contributed by atoms with Crippen molar-refractivity contribution < 1.29 is 13.3 Å². The summed E-state index contributed by atoms with van der Waals surface area (Å²) < 4.78 is 26.1. The summed E-state index contributed by atoms with van der Waals surface area (Å²) in [4.78, 5) is 13.9. The molecule has 2 rings (SSSR count). The molecule has 7 nitrogen and oxygen atoms in total. The third-order valence-electron chi connectivity index (χ3n) is 2.14. The maximum Gasteiger partial charge on any atom is 0.325 e. The summed E-state index contributed by atoms with van der Waals surface area (Å²) in [7, 11) is -3.84. The van der Waals surface area contributed by atoms with Gasteiger partial charge in [0.25, 0.3) is 10.0 Å². The van der Waals surface area contributed by atoms with Crippen LogP contribution in [0, 0.1) is 17.0 Å². The summed E-state index contributed by atoms with van der Waals surface area (Å²) in [5.74, 6) is 0.177. The van der Waals surface area contributed by atoms with Gasteiger partial charge < -0.3 is 0 Å². The molecule has 0 radical (unpaired) electrons. The zero-order chi connectivity index (χ0) is 14.0. The summed E-state index contributed by atoms with van der Waals surface area (Å²) in [6, 6.07) is 7.25. The van der Waals surface area contributed by atoms with Crippen molar-refractivity contribution in [1.29, 1.82) is 0 Å². The highest BCUT2D eigenvalue weighted by Gasteiger charge is 2.21. The molecule has 0 aliphatic carbocycles. The fraction of sp³-hybridized carbons (Fsp3) is 0.100. The van der Waals surface area contributed by atoms with Crippen LogP contribution >= 0.6 is 11.3 Å². The first kappa shape index (κ1) is 13.4. The van der Waals surface area contributed by atoms with Gasteiger partial charge in [0.05, 0.1) is 4.92 Å². The van der Waals surface area contributed by atoms with E-state index in [0.29, 0.717) is 17.0 Å². The lowest BCUT2D eigenvalue weighted by Gasteiger charge is -2.05. The molecule has 0 spiro atoms. The fourth-order valence-electron chi connectivity index (χ4n) is 1.34. The van der Waals surface area contributed by atoms with Crippen molar-refractivity contribution in [1.82, 2.24) is 4.98 Å². The Balaban J connectivity index is 2.29. The van der Waals surface area contributed by atoms with Gasteiger partial charge in [-0.2, -0.15) is 0 Å². The molecule has 0 aliphatic rings.